The number of hydrogen-bond donors (Lipinski definition) is 0. The monoisotopic (exact) mass is 536 g/mol. The summed E-state index contributed by atoms with van der Waals surface area (Å²) in [6.07, 6.45) is 11.2. The highest BCUT2D eigenvalue weighted by molar-refractivity contribution is 6.42. The molecule has 210 valence electrons. The molecule has 6 rings (SSSR count). The predicted molar refractivity (Wildman–Crippen MR) is 148 cm³/mol. The molecule has 0 radical (unpaired) electrons. The summed E-state index contributed by atoms with van der Waals surface area (Å²) in [5, 5.41) is 3.87. The maximum absolute atomic E-state index is 14.1. The number of carbonyl (C=O) groups excluding carboxylic acids is 1. The normalized spacial score (nSPS) is 31.5. The Morgan fingerprint density at radius 3 is 2.36 bits per heavy atom. The molecule has 2 aromatic rings. The topological polar surface area (TPSA) is 95.2 Å². The molecule has 0 amide bonds. The SMILES string of the molecule is CCOC(=O)C(=NOC)c1nc2ccccc2n([C@H]2C[C@H]3COC[C@@H](C2)N3C2CC3CCCCC(C3)C2)c1=O. The van der Waals surface area contributed by atoms with Crippen molar-refractivity contribution in [3.8, 4) is 0 Å². The number of esters is 1. The van der Waals surface area contributed by atoms with Crippen molar-refractivity contribution in [2.45, 2.75) is 88.9 Å². The van der Waals surface area contributed by atoms with E-state index in [2.05, 4.69) is 15.0 Å². The maximum atomic E-state index is 14.1. The summed E-state index contributed by atoms with van der Waals surface area (Å²) in [6.45, 7) is 3.27. The predicted octanol–water partition coefficient (Wildman–Crippen LogP) is 4.07. The van der Waals surface area contributed by atoms with Crippen molar-refractivity contribution in [3.05, 3.63) is 40.3 Å². The molecule has 1 aromatic heterocycles. The number of aromatic nitrogens is 2. The molecule has 2 saturated heterocycles. The molecule has 4 aliphatic rings. The third-order valence-electron chi connectivity index (χ3n) is 9.36. The fraction of sp³-hybridized carbons (Fsp3) is 0.667. The summed E-state index contributed by atoms with van der Waals surface area (Å²) < 4.78 is 13.1. The van der Waals surface area contributed by atoms with Crippen molar-refractivity contribution in [1.82, 2.24) is 14.5 Å². The van der Waals surface area contributed by atoms with Gasteiger partial charge in [0.05, 0.1) is 30.9 Å². The fourth-order valence-corrected chi connectivity index (χ4v) is 7.97. The summed E-state index contributed by atoms with van der Waals surface area (Å²) in [7, 11) is 1.34. The van der Waals surface area contributed by atoms with Crippen LogP contribution in [-0.2, 0) is 19.1 Å². The largest absolute Gasteiger partial charge is 0.461 e. The minimum Gasteiger partial charge on any atom is -0.461 e. The summed E-state index contributed by atoms with van der Waals surface area (Å²) in [6, 6.07) is 8.74. The van der Waals surface area contributed by atoms with Crippen LogP contribution in [0.15, 0.2) is 34.2 Å². The number of rotatable bonds is 6. The highest BCUT2D eigenvalue weighted by atomic mass is 16.6. The lowest BCUT2D eigenvalue weighted by molar-refractivity contribution is -0.135. The first kappa shape index (κ1) is 26.4. The minimum absolute atomic E-state index is 0.0313. The zero-order valence-corrected chi connectivity index (χ0v) is 23.1. The van der Waals surface area contributed by atoms with Crippen LogP contribution in [-0.4, -0.2) is 71.2 Å². The Hall–Kier alpha value is -2.78. The highest BCUT2D eigenvalue weighted by Crippen LogP contribution is 2.44. The minimum atomic E-state index is -0.718. The van der Waals surface area contributed by atoms with E-state index in [4.69, 9.17) is 14.3 Å². The second-order valence-corrected chi connectivity index (χ2v) is 11.8. The van der Waals surface area contributed by atoms with Crippen LogP contribution in [0.25, 0.3) is 11.0 Å². The summed E-state index contributed by atoms with van der Waals surface area (Å²) in [5.41, 5.74) is 0.843. The smallest absolute Gasteiger partial charge is 0.362 e. The molecule has 1 aromatic carbocycles. The molecular weight excluding hydrogens is 496 g/mol. The van der Waals surface area contributed by atoms with Crippen LogP contribution in [0, 0.1) is 11.8 Å². The number of oxime groups is 1. The van der Waals surface area contributed by atoms with E-state index >= 15 is 0 Å². The zero-order valence-electron chi connectivity index (χ0n) is 23.1. The van der Waals surface area contributed by atoms with Crippen LogP contribution >= 0.6 is 0 Å². The number of fused-ring (bicyclic) bond motifs is 5. The van der Waals surface area contributed by atoms with Gasteiger partial charge in [0.1, 0.15) is 7.11 Å². The number of nitrogens with zero attached hydrogens (tertiary/aromatic N) is 4. The molecule has 9 nitrogen and oxygen atoms in total. The van der Waals surface area contributed by atoms with Gasteiger partial charge in [-0.1, -0.05) is 43.0 Å². The highest BCUT2D eigenvalue weighted by Gasteiger charge is 2.46. The lowest BCUT2D eigenvalue weighted by Gasteiger charge is -2.54. The van der Waals surface area contributed by atoms with Crippen molar-refractivity contribution in [2.24, 2.45) is 17.0 Å². The van der Waals surface area contributed by atoms with Crippen molar-refractivity contribution in [2.75, 3.05) is 26.9 Å². The molecular formula is C30H40N4O5. The zero-order chi connectivity index (χ0) is 26.9. The Morgan fingerprint density at radius 2 is 1.69 bits per heavy atom. The molecule has 0 spiro atoms. The summed E-state index contributed by atoms with van der Waals surface area (Å²) >= 11 is 0. The van der Waals surface area contributed by atoms with Gasteiger partial charge in [-0.2, -0.15) is 0 Å². The Labute approximate surface area is 229 Å². The summed E-state index contributed by atoms with van der Waals surface area (Å²) in [4.78, 5) is 39.1. The van der Waals surface area contributed by atoms with E-state index in [1.807, 2.05) is 28.8 Å². The van der Waals surface area contributed by atoms with Gasteiger partial charge in [0.25, 0.3) is 5.56 Å². The third kappa shape index (κ3) is 5.11. The van der Waals surface area contributed by atoms with Crippen LogP contribution in [0.3, 0.4) is 0 Å². The van der Waals surface area contributed by atoms with Crippen LogP contribution in [0.2, 0.25) is 0 Å². The first-order valence-corrected chi connectivity index (χ1v) is 14.7. The second kappa shape index (κ2) is 11.4. The van der Waals surface area contributed by atoms with Gasteiger partial charge >= 0.3 is 5.97 Å². The molecule has 2 aliphatic heterocycles. The number of piperidine rings is 1. The Morgan fingerprint density at radius 1 is 1.00 bits per heavy atom. The van der Waals surface area contributed by atoms with Crippen LogP contribution in [0.5, 0.6) is 0 Å². The number of para-hydroxylation sites is 2. The average Bonchev–Trinajstić information content (AvgIpc) is 3.10. The van der Waals surface area contributed by atoms with Gasteiger partial charge in [-0.25, -0.2) is 9.78 Å². The Bertz CT molecular complexity index is 1260. The van der Waals surface area contributed by atoms with E-state index < -0.39 is 5.97 Å². The van der Waals surface area contributed by atoms with Gasteiger partial charge in [-0.05, 0) is 63.0 Å². The molecule has 39 heavy (non-hydrogen) atoms. The first-order valence-electron chi connectivity index (χ1n) is 14.7. The molecule has 2 saturated carbocycles. The van der Waals surface area contributed by atoms with Crippen molar-refractivity contribution >= 4 is 22.7 Å². The average molecular weight is 537 g/mol. The Kier molecular flexibility index (Phi) is 7.71. The molecule has 3 heterocycles. The number of ether oxygens (including phenoxy) is 2. The van der Waals surface area contributed by atoms with E-state index in [9.17, 15) is 9.59 Å². The van der Waals surface area contributed by atoms with Gasteiger partial charge in [0, 0.05) is 24.2 Å². The van der Waals surface area contributed by atoms with Gasteiger partial charge in [0.2, 0.25) is 5.71 Å². The second-order valence-electron chi connectivity index (χ2n) is 11.8. The molecule has 5 atom stereocenters. The quantitative estimate of drug-likeness (QED) is 0.312. The standard InChI is InChI=1S/C30H40N4O5/c1-3-39-30(36)28(32-37-2)27-29(35)34(26-11-7-6-10-25(26)31-27)22-15-23-17-38-18-24(16-22)33(23)21-13-19-8-4-5-9-20(12-19)14-21/h6-7,10-11,19-24H,3-5,8-9,12-18H2,1-2H3/t19?,20?,21?,22-,23-,24+. The molecule has 2 unspecified atom stereocenters. The molecule has 0 N–H and O–H groups in total. The van der Waals surface area contributed by atoms with Gasteiger partial charge in [0.15, 0.2) is 5.69 Å². The number of morpholine rings is 1. The van der Waals surface area contributed by atoms with Crippen LogP contribution in [0.1, 0.15) is 76.4 Å². The third-order valence-corrected chi connectivity index (χ3v) is 9.36. The molecule has 2 aliphatic carbocycles. The first-order chi connectivity index (χ1) is 19.1. The van der Waals surface area contributed by atoms with Gasteiger partial charge < -0.3 is 18.9 Å². The summed E-state index contributed by atoms with van der Waals surface area (Å²) in [5.74, 6) is 0.988. The number of carbonyl (C=O) groups is 1. The van der Waals surface area contributed by atoms with E-state index in [1.165, 1.54) is 52.1 Å². The van der Waals surface area contributed by atoms with Gasteiger partial charge in [-0.15, -0.1) is 0 Å². The number of hydrogen-bond acceptors (Lipinski definition) is 8. The van der Waals surface area contributed by atoms with Crippen LogP contribution < -0.4 is 5.56 Å². The lowest BCUT2D eigenvalue weighted by Crippen LogP contribution is -2.62. The maximum Gasteiger partial charge on any atom is 0.362 e. The number of benzene rings is 1. The van der Waals surface area contributed by atoms with Crippen molar-refractivity contribution in [3.63, 3.8) is 0 Å². The Balaban J connectivity index is 1.36. The van der Waals surface area contributed by atoms with E-state index in [0.717, 1.165) is 30.2 Å². The molecule has 4 fully saturated rings. The van der Waals surface area contributed by atoms with E-state index in [1.54, 1.807) is 6.92 Å². The van der Waals surface area contributed by atoms with Crippen LogP contribution in [0.4, 0.5) is 0 Å². The van der Waals surface area contributed by atoms with Crippen molar-refractivity contribution < 1.29 is 19.1 Å². The lowest BCUT2D eigenvalue weighted by atomic mass is 9.75. The van der Waals surface area contributed by atoms with Gasteiger partial charge in [-0.3, -0.25) is 9.69 Å². The molecule has 9 heteroatoms. The van der Waals surface area contributed by atoms with E-state index in [0.29, 0.717) is 24.8 Å². The molecule has 4 bridgehead atoms. The van der Waals surface area contributed by atoms with E-state index in [-0.39, 0.29) is 41.7 Å². The van der Waals surface area contributed by atoms with Crippen molar-refractivity contribution in [1.29, 1.82) is 0 Å². The fourth-order valence-electron chi connectivity index (χ4n) is 7.97.